The molecule has 0 aliphatic carbocycles. The van der Waals surface area contributed by atoms with Crippen LogP contribution in [0.15, 0.2) is 39.6 Å². The first kappa shape index (κ1) is 17.5. The Morgan fingerprint density at radius 3 is 2.92 bits per heavy atom. The van der Waals surface area contributed by atoms with E-state index < -0.39 is 0 Å². The predicted octanol–water partition coefficient (Wildman–Crippen LogP) is 5.51. The molecule has 3 rings (SSSR count). The summed E-state index contributed by atoms with van der Waals surface area (Å²) < 4.78 is 16.3. The molecule has 0 aliphatic rings. The van der Waals surface area contributed by atoms with Gasteiger partial charge >= 0.3 is 0 Å². The second kappa shape index (κ2) is 7.25. The summed E-state index contributed by atoms with van der Waals surface area (Å²) in [6.45, 7) is 4.01. The van der Waals surface area contributed by atoms with E-state index in [2.05, 4.69) is 4.98 Å². The molecule has 0 bridgehead atoms. The minimum Gasteiger partial charge on any atom is -0.284 e. The van der Waals surface area contributed by atoms with Gasteiger partial charge in [-0.1, -0.05) is 36.4 Å². The number of benzene rings is 1. The fourth-order valence-corrected chi connectivity index (χ4v) is 4.59. The summed E-state index contributed by atoms with van der Waals surface area (Å²) in [5.74, 6) is -0.0200. The molecule has 0 fully saturated rings. The van der Waals surface area contributed by atoms with Crippen molar-refractivity contribution in [2.45, 2.75) is 37.2 Å². The maximum atomic E-state index is 14.0. The van der Waals surface area contributed by atoms with Crippen molar-refractivity contribution in [1.29, 1.82) is 0 Å². The van der Waals surface area contributed by atoms with Crippen molar-refractivity contribution >= 4 is 44.9 Å². The Kier molecular flexibility index (Phi) is 5.27. The van der Waals surface area contributed by atoms with E-state index in [1.54, 1.807) is 16.7 Å². The fourth-order valence-electron chi connectivity index (χ4n) is 2.38. The van der Waals surface area contributed by atoms with Gasteiger partial charge in [-0.3, -0.25) is 9.36 Å². The molecular weight excluding hydrogens is 367 g/mol. The largest absolute Gasteiger partial charge is 0.284 e. The normalized spacial score (nSPS) is 12.7. The van der Waals surface area contributed by atoms with Crippen molar-refractivity contribution in [3.8, 4) is 0 Å². The molecule has 0 spiro atoms. The third-order valence-corrected chi connectivity index (χ3v) is 6.14. The molecule has 0 aliphatic heterocycles. The standard InChI is InChI=1S/C17H16ClFN2OS2/c1-3-10(2)21-16(22)15-14(7-8-23-15)20-17(21)24-9-11-12(18)5-4-6-13(11)19/h4-8,10H,3,9H2,1-2H3/t10-/m1/s1. The minimum atomic E-state index is -0.343. The second-order valence-corrected chi connectivity index (χ2v) is 7.72. The maximum absolute atomic E-state index is 14.0. The number of nitrogens with zero attached hydrogens (tertiary/aromatic N) is 2. The van der Waals surface area contributed by atoms with E-state index in [0.29, 0.717) is 31.7 Å². The molecule has 3 aromatic rings. The number of thiophene rings is 1. The van der Waals surface area contributed by atoms with E-state index >= 15 is 0 Å². The molecular formula is C17H16ClFN2OS2. The van der Waals surface area contributed by atoms with E-state index in [-0.39, 0.29) is 17.4 Å². The van der Waals surface area contributed by atoms with E-state index in [1.807, 2.05) is 25.3 Å². The molecule has 1 aromatic carbocycles. The number of fused-ring (bicyclic) bond motifs is 1. The van der Waals surface area contributed by atoms with Crippen molar-refractivity contribution in [2.75, 3.05) is 0 Å². The topological polar surface area (TPSA) is 34.9 Å². The molecule has 7 heteroatoms. The highest BCUT2D eigenvalue weighted by Gasteiger charge is 2.17. The second-order valence-electron chi connectivity index (χ2n) is 5.45. The van der Waals surface area contributed by atoms with Crippen molar-refractivity contribution in [2.24, 2.45) is 0 Å². The van der Waals surface area contributed by atoms with Gasteiger partial charge in [0.1, 0.15) is 10.5 Å². The SMILES string of the molecule is CC[C@@H](C)n1c(SCc2c(F)cccc2Cl)nc2ccsc2c1=O. The monoisotopic (exact) mass is 382 g/mol. The summed E-state index contributed by atoms with van der Waals surface area (Å²) in [6.07, 6.45) is 0.812. The van der Waals surface area contributed by atoms with Crippen molar-refractivity contribution in [3.05, 3.63) is 56.4 Å². The van der Waals surface area contributed by atoms with Crippen LogP contribution in [0.1, 0.15) is 31.9 Å². The Morgan fingerprint density at radius 1 is 1.42 bits per heavy atom. The van der Waals surface area contributed by atoms with Gasteiger partial charge < -0.3 is 0 Å². The van der Waals surface area contributed by atoms with Gasteiger partial charge in [-0.05, 0) is 36.9 Å². The molecule has 0 N–H and O–H groups in total. The Hall–Kier alpha value is -1.37. The number of halogens is 2. The Balaban J connectivity index is 2.03. The molecule has 1 atom stereocenters. The highest BCUT2D eigenvalue weighted by atomic mass is 35.5. The molecule has 2 heterocycles. The van der Waals surface area contributed by atoms with Gasteiger partial charge in [-0.2, -0.15) is 0 Å². The zero-order chi connectivity index (χ0) is 17.3. The van der Waals surface area contributed by atoms with Gasteiger partial charge in [0.15, 0.2) is 5.16 Å². The van der Waals surface area contributed by atoms with E-state index in [1.165, 1.54) is 29.2 Å². The maximum Gasteiger partial charge on any atom is 0.272 e. The Bertz CT molecular complexity index is 918. The van der Waals surface area contributed by atoms with Crippen LogP contribution in [0.5, 0.6) is 0 Å². The first-order chi connectivity index (χ1) is 11.5. The molecule has 0 saturated heterocycles. The minimum absolute atomic E-state index is 0.0232. The summed E-state index contributed by atoms with van der Waals surface area (Å²) in [5.41, 5.74) is 1.08. The smallest absolute Gasteiger partial charge is 0.272 e. The Labute approximate surface area is 152 Å². The van der Waals surface area contributed by atoms with Crippen molar-refractivity contribution < 1.29 is 4.39 Å². The summed E-state index contributed by atoms with van der Waals surface area (Å²) in [5, 5.41) is 2.85. The molecule has 0 radical (unpaired) electrons. The number of thioether (sulfide) groups is 1. The quantitative estimate of drug-likeness (QED) is 0.431. The highest BCUT2D eigenvalue weighted by molar-refractivity contribution is 7.98. The first-order valence-electron chi connectivity index (χ1n) is 7.58. The third kappa shape index (κ3) is 3.23. The van der Waals surface area contributed by atoms with E-state index in [4.69, 9.17) is 11.6 Å². The van der Waals surface area contributed by atoms with Crippen LogP contribution in [0.2, 0.25) is 5.02 Å². The summed E-state index contributed by atoms with van der Waals surface area (Å²) in [4.78, 5) is 17.4. The van der Waals surface area contributed by atoms with Gasteiger partial charge in [0.05, 0.1) is 5.52 Å². The third-order valence-electron chi connectivity index (χ3n) is 3.92. The molecule has 0 unspecified atom stereocenters. The number of aromatic nitrogens is 2. The lowest BCUT2D eigenvalue weighted by atomic mass is 10.2. The zero-order valence-electron chi connectivity index (χ0n) is 13.3. The van der Waals surface area contributed by atoms with Gasteiger partial charge in [0, 0.05) is 22.4 Å². The van der Waals surface area contributed by atoms with Crippen LogP contribution in [-0.2, 0) is 5.75 Å². The van der Waals surface area contributed by atoms with E-state index in [0.717, 1.165) is 6.42 Å². The van der Waals surface area contributed by atoms with Crippen LogP contribution < -0.4 is 5.56 Å². The predicted molar refractivity (Wildman–Crippen MR) is 99.9 cm³/mol. The summed E-state index contributed by atoms with van der Waals surface area (Å²) in [7, 11) is 0. The van der Waals surface area contributed by atoms with Gasteiger partial charge in [0.2, 0.25) is 0 Å². The lowest BCUT2D eigenvalue weighted by molar-refractivity contribution is 0.468. The van der Waals surface area contributed by atoms with Crippen molar-refractivity contribution in [3.63, 3.8) is 0 Å². The lowest BCUT2D eigenvalue weighted by Gasteiger charge is -2.17. The van der Waals surface area contributed by atoms with Crippen LogP contribution in [0, 0.1) is 5.82 Å². The summed E-state index contributed by atoms with van der Waals surface area (Å²) >= 11 is 8.83. The number of rotatable bonds is 5. The molecule has 24 heavy (non-hydrogen) atoms. The molecule has 3 nitrogen and oxygen atoms in total. The lowest BCUT2D eigenvalue weighted by Crippen LogP contribution is -2.25. The molecule has 2 aromatic heterocycles. The van der Waals surface area contributed by atoms with Crippen LogP contribution >= 0.6 is 34.7 Å². The fraction of sp³-hybridized carbons (Fsp3) is 0.294. The number of hydrogen-bond acceptors (Lipinski definition) is 4. The average molecular weight is 383 g/mol. The summed E-state index contributed by atoms with van der Waals surface area (Å²) in [6, 6.07) is 6.49. The van der Waals surface area contributed by atoms with E-state index in [9.17, 15) is 9.18 Å². The van der Waals surface area contributed by atoms with Gasteiger partial charge in [-0.15, -0.1) is 11.3 Å². The van der Waals surface area contributed by atoms with Crippen molar-refractivity contribution in [1.82, 2.24) is 9.55 Å². The van der Waals surface area contributed by atoms with Crippen LogP contribution in [-0.4, -0.2) is 9.55 Å². The Morgan fingerprint density at radius 2 is 2.21 bits per heavy atom. The van der Waals surface area contributed by atoms with Crippen LogP contribution in [0.3, 0.4) is 0 Å². The first-order valence-corrected chi connectivity index (χ1v) is 9.82. The molecule has 126 valence electrons. The van der Waals surface area contributed by atoms with Crippen LogP contribution in [0.4, 0.5) is 4.39 Å². The number of hydrogen-bond donors (Lipinski definition) is 0. The highest BCUT2D eigenvalue weighted by Crippen LogP contribution is 2.30. The molecule has 0 amide bonds. The van der Waals surface area contributed by atoms with Gasteiger partial charge in [-0.25, -0.2) is 9.37 Å². The van der Waals surface area contributed by atoms with Gasteiger partial charge in [0.25, 0.3) is 5.56 Å². The van der Waals surface area contributed by atoms with Crippen LogP contribution in [0.25, 0.3) is 10.2 Å². The average Bonchev–Trinajstić information content (AvgIpc) is 3.02. The zero-order valence-corrected chi connectivity index (χ0v) is 15.6. The molecule has 0 saturated carbocycles.